The van der Waals surface area contributed by atoms with E-state index in [-0.39, 0.29) is 6.04 Å². The van der Waals surface area contributed by atoms with Gasteiger partial charge in [0, 0.05) is 6.04 Å². The number of benzene rings is 1. The summed E-state index contributed by atoms with van der Waals surface area (Å²) >= 11 is 12.2. The Hall–Kier alpha value is -0.760. The second-order valence-electron chi connectivity index (χ2n) is 5.39. The van der Waals surface area contributed by atoms with E-state index in [1.807, 2.05) is 6.08 Å². The topological polar surface area (TPSA) is 26.0 Å². The smallest absolute Gasteiger partial charge is 0.0552 e. The van der Waals surface area contributed by atoms with E-state index in [1.165, 1.54) is 11.1 Å². The molecule has 3 rings (SSSR count). The molecule has 0 spiro atoms. The molecular weight excluding hydrogens is 277 g/mol. The molecule has 0 bridgehead atoms. The van der Waals surface area contributed by atoms with Crippen molar-refractivity contribution in [2.75, 3.05) is 0 Å². The van der Waals surface area contributed by atoms with E-state index in [0.29, 0.717) is 21.9 Å². The fourth-order valence-corrected chi connectivity index (χ4v) is 3.65. The molecule has 1 aromatic carbocycles. The molecule has 0 saturated heterocycles. The predicted octanol–water partition coefficient (Wildman–Crippen LogP) is 4.83. The second kappa shape index (κ2) is 5.32. The second-order valence-corrected chi connectivity index (χ2v) is 6.20. The number of halogens is 2. The zero-order valence-electron chi connectivity index (χ0n) is 10.7. The van der Waals surface area contributed by atoms with Crippen molar-refractivity contribution in [3.63, 3.8) is 0 Å². The summed E-state index contributed by atoms with van der Waals surface area (Å²) in [4.78, 5) is 0. The van der Waals surface area contributed by atoms with E-state index in [2.05, 4.69) is 30.3 Å². The molecule has 0 saturated carbocycles. The highest BCUT2D eigenvalue weighted by Crippen LogP contribution is 2.44. The zero-order chi connectivity index (χ0) is 13.4. The van der Waals surface area contributed by atoms with E-state index in [1.54, 1.807) is 0 Å². The summed E-state index contributed by atoms with van der Waals surface area (Å²) in [6, 6.07) is 8.71. The summed E-state index contributed by atoms with van der Waals surface area (Å²) in [5, 5.41) is 1.36. The molecule has 1 aromatic rings. The van der Waals surface area contributed by atoms with Crippen LogP contribution in [-0.2, 0) is 0 Å². The van der Waals surface area contributed by atoms with Crippen molar-refractivity contribution in [3.05, 3.63) is 57.6 Å². The van der Waals surface area contributed by atoms with Crippen LogP contribution in [0.1, 0.15) is 42.3 Å². The van der Waals surface area contributed by atoms with Crippen molar-refractivity contribution in [1.82, 2.24) is 0 Å². The van der Waals surface area contributed by atoms with Crippen LogP contribution in [0.5, 0.6) is 0 Å². The van der Waals surface area contributed by atoms with Gasteiger partial charge in [0.15, 0.2) is 0 Å². The third kappa shape index (κ3) is 2.47. The molecule has 3 atom stereocenters. The first kappa shape index (κ1) is 13.2. The van der Waals surface area contributed by atoms with Crippen LogP contribution in [0.2, 0.25) is 0 Å². The van der Waals surface area contributed by atoms with Gasteiger partial charge in [-0.2, -0.15) is 0 Å². The van der Waals surface area contributed by atoms with Gasteiger partial charge in [-0.05, 0) is 42.2 Å². The molecule has 2 N–H and O–H groups in total. The summed E-state index contributed by atoms with van der Waals surface area (Å²) in [6.45, 7) is 0. The largest absolute Gasteiger partial charge is 0.324 e. The van der Waals surface area contributed by atoms with Crippen LogP contribution in [0.15, 0.2) is 46.5 Å². The third-order valence-corrected chi connectivity index (χ3v) is 5.04. The average molecular weight is 294 g/mol. The molecule has 0 amide bonds. The number of rotatable bonds is 1. The first-order valence-electron chi connectivity index (χ1n) is 6.74. The fraction of sp³-hybridized carbons (Fsp3) is 0.375. The van der Waals surface area contributed by atoms with E-state index in [4.69, 9.17) is 28.9 Å². The lowest BCUT2D eigenvalue weighted by Crippen LogP contribution is -2.24. The summed E-state index contributed by atoms with van der Waals surface area (Å²) in [5.74, 6) is 0.939. The lowest BCUT2D eigenvalue weighted by atomic mass is 9.72. The highest BCUT2D eigenvalue weighted by Gasteiger charge is 2.30. The van der Waals surface area contributed by atoms with Crippen molar-refractivity contribution in [3.8, 4) is 0 Å². The number of allylic oxidation sites excluding steroid dienone is 4. The molecule has 3 heteroatoms. The van der Waals surface area contributed by atoms with Gasteiger partial charge in [-0.25, -0.2) is 0 Å². The first-order valence-corrected chi connectivity index (χ1v) is 7.50. The van der Waals surface area contributed by atoms with Crippen molar-refractivity contribution in [2.24, 2.45) is 11.7 Å². The van der Waals surface area contributed by atoms with Crippen LogP contribution >= 0.6 is 23.2 Å². The molecule has 0 heterocycles. The Morgan fingerprint density at radius 2 is 1.74 bits per heavy atom. The highest BCUT2D eigenvalue weighted by atomic mass is 35.5. The summed E-state index contributed by atoms with van der Waals surface area (Å²) in [5.41, 5.74) is 8.90. The molecule has 100 valence electrons. The zero-order valence-corrected chi connectivity index (χ0v) is 12.2. The minimum Gasteiger partial charge on any atom is -0.324 e. The van der Waals surface area contributed by atoms with Crippen LogP contribution in [0, 0.1) is 5.92 Å². The van der Waals surface area contributed by atoms with Gasteiger partial charge in [0.1, 0.15) is 0 Å². The van der Waals surface area contributed by atoms with Gasteiger partial charge in [-0.1, -0.05) is 59.6 Å². The van der Waals surface area contributed by atoms with Crippen LogP contribution in [0.3, 0.4) is 0 Å². The van der Waals surface area contributed by atoms with Gasteiger partial charge < -0.3 is 5.73 Å². The summed E-state index contributed by atoms with van der Waals surface area (Å²) in [7, 11) is 0. The van der Waals surface area contributed by atoms with E-state index in [0.717, 1.165) is 19.3 Å². The quantitative estimate of drug-likeness (QED) is 0.788. The van der Waals surface area contributed by atoms with Crippen molar-refractivity contribution >= 4 is 23.2 Å². The van der Waals surface area contributed by atoms with E-state index in [9.17, 15) is 0 Å². The Labute approximate surface area is 124 Å². The Morgan fingerprint density at radius 3 is 2.47 bits per heavy atom. The number of hydrogen-bond acceptors (Lipinski definition) is 1. The molecule has 0 aromatic heterocycles. The highest BCUT2D eigenvalue weighted by molar-refractivity contribution is 6.44. The Kier molecular flexibility index (Phi) is 3.70. The van der Waals surface area contributed by atoms with Gasteiger partial charge in [0.05, 0.1) is 10.1 Å². The van der Waals surface area contributed by atoms with Crippen LogP contribution < -0.4 is 5.73 Å². The van der Waals surface area contributed by atoms with Crippen LogP contribution in [0.25, 0.3) is 0 Å². The number of fused-ring (bicyclic) bond motifs is 1. The van der Waals surface area contributed by atoms with Gasteiger partial charge in [-0.3, -0.25) is 0 Å². The predicted molar refractivity (Wildman–Crippen MR) is 81.3 cm³/mol. The lowest BCUT2D eigenvalue weighted by Gasteiger charge is -2.34. The molecule has 0 radical (unpaired) electrons. The monoisotopic (exact) mass is 293 g/mol. The summed E-state index contributed by atoms with van der Waals surface area (Å²) < 4.78 is 0. The van der Waals surface area contributed by atoms with Crippen LogP contribution in [-0.4, -0.2) is 0 Å². The molecule has 2 unspecified atom stereocenters. The molecule has 1 nitrogen and oxygen atoms in total. The normalized spacial score (nSPS) is 30.4. The maximum atomic E-state index is 6.21. The molecule has 2 aliphatic rings. The third-order valence-electron chi connectivity index (χ3n) is 4.26. The Morgan fingerprint density at radius 1 is 1.00 bits per heavy atom. The van der Waals surface area contributed by atoms with E-state index < -0.39 is 0 Å². The molecule has 0 aliphatic heterocycles. The molecule has 0 fully saturated rings. The minimum absolute atomic E-state index is 0.176. The number of nitrogens with two attached hydrogens (primary N) is 1. The number of hydrogen-bond donors (Lipinski definition) is 1. The molecule has 2 aliphatic carbocycles. The van der Waals surface area contributed by atoms with Crippen LogP contribution in [0.4, 0.5) is 0 Å². The van der Waals surface area contributed by atoms with Gasteiger partial charge >= 0.3 is 0 Å². The Balaban J connectivity index is 1.94. The van der Waals surface area contributed by atoms with Crippen molar-refractivity contribution in [1.29, 1.82) is 0 Å². The summed E-state index contributed by atoms with van der Waals surface area (Å²) in [6.07, 6.45) is 7.27. The average Bonchev–Trinajstić information content (AvgIpc) is 2.43. The lowest BCUT2D eigenvalue weighted by molar-refractivity contribution is 0.411. The maximum Gasteiger partial charge on any atom is 0.0552 e. The first-order chi connectivity index (χ1) is 9.16. The maximum absolute atomic E-state index is 6.21. The van der Waals surface area contributed by atoms with Crippen molar-refractivity contribution < 1.29 is 0 Å². The van der Waals surface area contributed by atoms with Crippen molar-refractivity contribution in [2.45, 2.75) is 31.2 Å². The SMILES string of the molecule is NC1CCC([C@H]2C=C(Cl)C(Cl)=CC2)c2ccccc21. The standard InChI is InChI=1S/C16H17Cl2N/c17-14-7-5-10(9-15(14)18)11-6-8-16(19)13-4-2-1-3-12(11)13/h1-4,7,9-11,16H,5-6,8,19H2/t10-,11?,16?/m1/s1. The molecule has 19 heavy (non-hydrogen) atoms. The van der Waals surface area contributed by atoms with E-state index >= 15 is 0 Å². The fourth-order valence-electron chi connectivity index (χ4n) is 3.25. The Bertz CT molecular complexity index is 547. The van der Waals surface area contributed by atoms with Gasteiger partial charge in [0.25, 0.3) is 0 Å². The molecular formula is C16H17Cl2N. The van der Waals surface area contributed by atoms with Gasteiger partial charge in [0.2, 0.25) is 0 Å². The van der Waals surface area contributed by atoms with Gasteiger partial charge in [-0.15, -0.1) is 0 Å². The minimum atomic E-state index is 0.176.